The first-order valence-electron chi connectivity index (χ1n) is 8.87. The minimum Gasteiger partial charge on any atom is -0.394 e. The van der Waals surface area contributed by atoms with Crippen LogP contribution in [0.15, 0.2) is 11.6 Å². The lowest BCUT2D eigenvalue weighted by Gasteiger charge is -2.31. The van der Waals surface area contributed by atoms with E-state index >= 15 is 0 Å². The first-order valence-corrected chi connectivity index (χ1v) is 9.75. The highest BCUT2D eigenvalue weighted by molar-refractivity contribution is 7.13. The maximum Gasteiger partial charge on any atom is 0.276 e. The lowest BCUT2D eigenvalue weighted by molar-refractivity contribution is 0.101. The molecule has 0 unspecified atom stereocenters. The Kier molecular flexibility index (Phi) is 4.39. The molecule has 4 rings (SSSR count). The first kappa shape index (κ1) is 18.5. The number of nitrogens with zero attached hydrogens (tertiary/aromatic N) is 5. The minimum absolute atomic E-state index is 0.142. The van der Waals surface area contributed by atoms with Crippen molar-refractivity contribution in [2.24, 2.45) is 0 Å². The molecule has 0 aromatic carbocycles. The van der Waals surface area contributed by atoms with Crippen LogP contribution in [0.25, 0.3) is 11.4 Å². The Morgan fingerprint density at radius 2 is 2.18 bits per heavy atom. The first-order chi connectivity index (χ1) is 13.3. The van der Waals surface area contributed by atoms with Crippen molar-refractivity contribution in [3.05, 3.63) is 34.1 Å². The SMILES string of the molecule is Cc1csc(NC(=O)c2c3c(nn2CCO)-c2nc(N)ncc2CC3(C)C)n1. The predicted molar refractivity (Wildman–Crippen MR) is 106 cm³/mol. The van der Waals surface area contributed by atoms with Crippen LogP contribution in [0, 0.1) is 6.92 Å². The quantitative estimate of drug-likeness (QED) is 0.609. The highest BCUT2D eigenvalue weighted by Crippen LogP contribution is 2.43. The Bertz CT molecular complexity index is 1070. The van der Waals surface area contributed by atoms with Crippen molar-refractivity contribution in [1.29, 1.82) is 0 Å². The molecule has 3 heterocycles. The number of hydrogen-bond donors (Lipinski definition) is 3. The summed E-state index contributed by atoms with van der Waals surface area (Å²) in [6, 6.07) is 0. The monoisotopic (exact) mass is 399 g/mol. The van der Waals surface area contributed by atoms with Gasteiger partial charge in [-0.25, -0.2) is 15.0 Å². The standard InChI is InChI=1S/C18H21N7O2S/c1-9-8-28-17(21-9)23-15(27)14-11-13(24-25(14)4-5-26)12-10(6-18(11,2)3)7-20-16(19)22-12/h7-8,26H,4-6H2,1-3H3,(H2,19,20,22)(H,21,23,27). The van der Waals surface area contributed by atoms with Crippen LogP contribution >= 0.6 is 11.3 Å². The van der Waals surface area contributed by atoms with E-state index in [0.29, 0.717) is 28.6 Å². The van der Waals surface area contributed by atoms with Crippen molar-refractivity contribution in [3.63, 3.8) is 0 Å². The van der Waals surface area contributed by atoms with Gasteiger partial charge in [-0.1, -0.05) is 13.8 Å². The number of amides is 1. The molecule has 10 heteroatoms. The summed E-state index contributed by atoms with van der Waals surface area (Å²) in [4.78, 5) is 25.9. The third-order valence-electron chi connectivity index (χ3n) is 4.74. The molecule has 3 aromatic heterocycles. The molecule has 9 nitrogen and oxygen atoms in total. The van der Waals surface area contributed by atoms with E-state index in [2.05, 4.69) is 39.2 Å². The van der Waals surface area contributed by atoms with Crippen LogP contribution in [0.3, 0.4) is 0 Å². The van der Waals surface area contributed by atoms with Crippen LogP contribution in [0.4, 0.5) is 11.1 Å². The number of carbonyl (C=O) groups excluding carboxylic acids is 1. The van der Waals surface area contributed by atoms with Crippen molar-refractivity contribution in [2.75, 3.05) is 17.7 Å². The van der Waals surface area contributed by atoms with Crippen molar-refractivity contribution in [1.82, 2.24) is 24.7 Å². The van der Waals surface area contributed by atoms with Gasteiger partial charge in [-0.05, 0) is 24.3 Å². The number of fused-ring (bicyclic) bond motifs is 3. The molecular formula is C18H21N7O2S. The predicted octanol–water partition coefficient (Wildman–Crippen LogP) is 1.77. The number of nitrogen functional groups attached to an aromatic ring is 1. The zero-order valence-corrected chi connectivity index (χ0v) is 16.7. The zero-order chi connectivity index (χ0) is 20.1. The summed E-state index contributed by atoms with van der Waals surface area (Å²) in [6.07, 6.45) is 2.36. The van der Waals surface area contributed by atoms with Crippen LogP contribution in [0.2, 0.25) is 0 Å². The Morgan fingerprint density at radius 1 is 1.39 bits per heavy atom. The average Bonchev–Trinajstić information content (AvgIpc) is 3.20. The van der Waals surface area contributed by atoms with Crippen molar-refractivity contribution < 1.29 is 9.90 Å². The molecule has 28 heavy (non-hydrogen) atoms. The van der Waals surface area contributed by atoms with Crippen LogP contribution in [-0.4, -0.2) is 42.4 Å². The largest absolute Gasteiger partial charge is 0.394 e. The summed E-state index contributed by atoms with van der Waals surface area (Å²) in [6.45, 7) is 6.03. The van der Waals surface area contributed by atoms with E-state index in [1.165, 1.54) is 16.0 Å². The fourth-order valence-corrected chi connectivity index (χ4v) is 4.33. The Hall–Kier alpha value is -2.85. The molecule has 3 aromatic rings. The van der Waals surface area contributed by atoms with Gasteiger partial charge in [0.25, 0.3) is 5.91 Å². The molecule has 0 atom stereocenters. The van der Waals surface area contributed by atoms with Crippen LogP contribution < -0.4 is 11.1 Å². The summed E-state index contributed by atoms with van der Waals surface area (Å²) >= 11 is 1.36. The second kappa shape index (κ2) is 6.64. The highest BCUT2D eigenvalue weighted by Gasteiger charge is 2.40. The molecule has 1 aliphatic carbocycles. The smallest absolute Gasteiger partial charge is 0.276 e. The molecule has 0 radical (unpaired) electrons. The highest BCUT2D eigenvalue weighted by atomic mass is 32.1. The number of carbonyl (C=O) groups is 1. The van der Waals surface area contributed by atoms with Gasteiger partial charge >= 0.3 is 0 Å². The second-order valence-electron chi connectivity index (χ2n) is 7.43. The molecule has 0 fully saturated rings. The molecule has 0 bridgehead atoms. The van der Waals surface area contributed by atoms with Crippen LogP contribution in [0.1, 0.15) is 41.2 Å². The number of aliphatic hydroxyl groups excluding tert-OH is 1. The third-order valence-corrected chi connectivity index (χ3v) is 5.61. The number of hydrogen-bond acceptors (Lipinski definition) is 8. The average molecular weight is 399 g/mol. The molecule has 1 aliphatic rings. The van der Waals surface area contributed by atoms with E-state index < -0.39 is 0 Å². The van der Waals surface area contributed by atoms with Gasteiger partial charge in [0, 0.05) is 17.1 Å². The number of anilines is 2. The molecule has 0 spiro atoms. The lowest BCUT2D eigenvalue weighted by Crippen LogP contribution is -2.30. The Morgan fingerprint density at radius 3 is 2.86 bits per heavy atom. The summed E-state index contributed by atoms with van der Waals surface area (Å²) in [7, 11) is 0. The molecule has 4 N–H and O–H groups in total. The van der Waals surface area contributed by atoms with Gasteiger partial charge in [0.1, 0.15) is 11.4 Å². The molecule has 146 valence electrons. The maximum atomic E-state index is 13.2. The number of aromatic nitrogens is 5. The second-order valence-corrected chi connectivity index (χ2v) is 8.29. The molecule has 1 amide bonds. The normalized spacial score (nSPS) is 14.4. The fourth-order valence-electron chi connectivity index (χ4n) is 3.64. The number of nitrogens with two attached hydrogens (primary N) is 1. The van der Waals surface area contributed by atoms with Crippen molar-refractivity contribution >= 4 is 28.3 Å². The van der Waals surface area contributed by atoms with E-state index in [-0.39, 0.29) is 30.4 Å². The van der Waals surface area contributed by atoms with Gasteiger partial charge in [-0.3, -0.25) is 14.8 Å². The molecule has 0 saturated carbocycles. The van der Waals surface area contributed by atoms with Gasteiger partial charge in [-0.2, -0.15) is 5.10 Å². The zero-order valence-electron chi connectivity index (χ0n) is 15.9. The maximum absolute atomic E-state index is 13.2. The Balaban J connectivity index is 1.88. The Labute approximate surface area is 165 Å². The van der Waals surface area contributed by atoms with Crippen LogP contribution in [0.5, 0.6) is 0 Å². The van der Waals surface area contributed by atoms with Gasteiger partial charge in [0.2, 0.25) is 5.95 Å². The van der Waals surface area contributed by atoms with E-state index in [4.69, 9.17) is 5.73 Å². The fraction of sp³-hybridized carbons (Fsp3) is 0.389. The molecule has 0 saturated heterocycles. The third kappa shape index (κ3) is 3.04. The van der Waals surface area contributed by atoms with E-state index in [1.807, 2.05) is 12.3 Å². The van der Waals surface area contributed by atoms with Crippen molar-refractivity contribution in [3.8, 4) is 11.4 Å². The minimum atomic E-state index is -0.374. The molecule has 0 aliphatic heterocycles. The lowest BCUT2D eigenvalue weighted by atomic mass is 9.73. The number of aliphatic hydroxyl groups is 1. The van der Waals surface area contributed by atoms with Gasteiger partial charge < -0.3 is 10.8 Å². The number of nitrogens with one attached hydrogen (secondary N) is 1. The van der Waals surface area contributed by atoms with Crippen LogP contribution in [-0.2, 0) is 18.4 Å². The number of rotatable bonds is 4. The summed E-state index contributed by atoms with van der Waals surface area (Å²) < 4.78 is 1.54. The number of aryl methyl sites for hydroxylation is 1. The summed E-state index contributed by atoms with van der Waals surface area (Å²) in [5, 5.41) is 19.4. The summed E-state index contributed by atoms with van der Waals surface area (Å²) in [5.41, 5.74) is 9.63. The van der Waals surface area contributed by atoms with E-state index in [1.54, 1.807) is 6.20 Å². The topological polar surface area (TPSA) is 132 Å². The molecular weight excluding hydrogens is 378 g/mol. The van der Waals surface area contributed by atoms with E-state index in [9.17, 15) is 9.90 Å². The summed E-state index contributed by atoms with van der Waals surface area (Å²) in [5.74, 6) is -0.152. The van der Waals surface area contributed by atoms with Gasteiger partial charge in [-0.15, -0.1) is 11.3 Å². The van der Waals surface area contributed by atoms with E-state index in [0.717, 1.165) is 16.8 Å². The van der Waals surface area contributed by atoms with Gasteiger partial charge in [0.15, 0.2) is 5.13 Å². The van der Waals surface area contributed by atoms with Gasteiger partial charge in [0.05, 0.1) is 24.5 Å². The van der Waals surface area contributed by atoms with Crippen molar-refractivity contribution in [2.45, 2.75) is 39.2 Å². The number of thiazole rings is 1.